The molecule has 2 aromatic heterocycles. The highest BCUT2D eigenvalue weighted by Crippen LogP contribution is 2.24. The normalized spacial score (nSPS) is 10.8. The predicted octanol–water partition coefficient (Wildman–Crippen LogP) is 5.10. The molecule has 0 atom stereocenters. The molecule has 0 aliphatic rings. The molecule has 0 unspecified atom stereocenters. The molecule has 2 heterocycles. The van der Waals surface area contributed by atoms with Crippen LogP contribution >= 0.6 is 0 Å². The summed E-state index contributed by atoms with van der Waals surface area (Å²) in [4.78, 5) is 9.05. The van der Waals surface area contributed by atoms with Gasteiger partial charge in [0, 0.05) is 18.3 Å². The zero-order valence-corrected chi connectivity index (χ0v) is 13.4. The largest absolute Gasteiger partial charge is 0.383 e. The predicted molar refractivity (Wildman–Crippen MR) is 102 cm³/mol. The van der Waals surface area contributed by atoms with Crippen LogP contribution in [0, 0.1) is 5.82 Å². The Bertz CT molecular complexity index is 1040. The minimum atomic E-state index is -0.421. The summed E-state index contributed by atoms with van der Waals surface area (Å²) in [5.41, 5.74) is 3.53. The number of para-hydroxylation sites is 2. The lowest BCUT2D eigenvalue weighted by Crippen LogP contribution is -2.04. The average molecular weight is 354 g/mol. The Kier molecular flexibility index (Phi) is 5.11. The van der Waals surface area contributed by atoms with E-state index in [0.717, 1.165) is 11.0 Å². The van der Waals surface area contributed by atoms with Crippen molar-refractivity contribution < 1.29 is 8.78 Å². The molecule has 4 nitrogen and oxygen atoms in total. The number of hydrogen-bond acceptors (Lipinski definition) is 3. The maximum atomic E-state index is 14.2. The van der Waals surface area contributed by atoms with Crippen LogP contribution in [0.15, 0.2) is 54.7 Å². The average Bonchev–Trinajstić information content (AvgIpc) is 3.01. The first-order chi connectivity index (χ1) is 12.3. The van der Waals surface area contributed by atoms with Crippen LogP contribution in [0.5, 0.6) is 0 Å². The summed E-state index contributed by atoms with van der Waals surface area (Å²) in [5.74, 6) is 0.191. The van der Waals surface area contributed by atoms with Crippen LogP contribution in [0.3, 0.4) is 0 Å². The van der Waals surface area contributed by atoms with E-state index in [9.17, 15) is 8.78 Å². The Balaban J connectivity index is 0.00000196. The second-order valence-electron chi connectivity index (χ2n) is 5.75. The topological polar surface area (TPSA) is 42.2 Å². The molecule has 0 aliphatic carbocycles. The van der Waals surface area contributed by atoms with E-state index in [1.165, 1.54) is 6.07 Å². The first kappa shape index (κ1) is 17.8. The van der Waals surface area contributed by atoms with E-state index in [-0.39, 0.29) is 13.2 Å². The van der Waals surface area contributed by atoms with E-state index >= 15 is 0 Å². The van der Waals surface area contributed by atoms with Crippen molar-refractivity contribution in [3.63, 3.8) is 0 Å². The lowest BCUT2D eigenvalue weighted by molar-refractivity contribution is 0.480. The van der Waals surface area contributed by atoms with E-state index in [0.29, 0.717) is 35.7 Å². The van der Waals surface area contributed by atoms with Crippen LogP contribution < -0.4 is 5.32 Å². The van der Waals surface area contributed by atoms with Crippen molar-refractivity contribution in [2.75, 3.05) is 18.5 Å². The third-order valence-electron chi connectivity index (χ3n) is 4.07. The molecule has 0 fully saturated rings. The lowest BCUT2D eigenvalue weighted by atomic mass is 10.1. The smallest absolute Gasteiger partial charge is 0.235 e. The molecule has 0 saturated carbocycles. The van der Waals surface area contributed by atoms with Gasteiger partial charge in [-0.05, 0) is 36.8 Å². The molecule has 0 radical (unpaired) electrons. The number of benzene rings is 2. The van der Waals surface area contributed by atoms with Crippen molar-refractivity contribution in [1.82, 2.24) is 14.4 Å². The highest BCUT2D eigenvalue weighted by Gasteiger charge is 2.09. The van der Waals surface area contributed by atoms with E-state index in [1.807, 2.05) is 40.9 Å². The van der Waals surface area contributed by atoms with Gasteiger partial charge in [-0.2, -0.15) is 0 Å². The first-order valence-corrected chi connectivity index (χ1v) is 8.10. The maximum Gasteiger partial charge on any atom is 0.235 e. The van der Waals surface area contributed by atoms with Crippen molar-refractivity contribution >= 4 is 22.5 Å². The molecule has 2 aromatic carbocycles. The van der Waals surface area contributed by atoms with Gasteiger partial charge in [0.15, 0.2) is 0 Å². The van der Waals surface area contributed by atoms with Crippen LogP contribution in [0.1, 0.15) is 13.8 Å². The number of imidazole rings is 1. The maximum absolute atomic E-state index is 14.2. The standard InChI is InChI=1S/C19H16F2N4.CH4/c20-9-3-10-22-16-7-6-13(12-14(16)21)15-8-11-25-18-5-2-1-4-17(18)24-19(25)23-15;/h1-2,4-8,11-12,22H,3,9-10H2;1H4. The fraction of sp³-hybridized carbons (Fsp3) is 0.200. The van der Waals surface area contributed by atoms with Gasteiger partial charge in [-0.15, -0.1) is 0 Å². The van der Waals surface area contributed by atoms with Gasteiger partial charge >= 0.3 is 0 Å². The molecule has 0 aliphatic heterocycles. The van der Waals surface area contributed by atoms with Crippen LogP contribution in [-0.2, 0) is 0 Å². The molecule has 134 valence electrons. The molecular weight excluding hydrogens is 334 g/mol. The minimum absolute atomic E-state index is 0. The monoisotopic (exact) mass is 354 g/mol. The Hall–Kier alpha value is -3.02. The summed E-state index contributed by atoms with van der Waals surface area (Å²) in [5, 5.41) is 2.89. The number of aromatic nitrogens is 3. The van der Waals surface area contributed by atoms with Gasteiger partial charge in [-0.1, -0.05) is 25.6 Å². The van der Waals surface area contributed by atoms with Gasteiger partial charge in [0.1, 0.15) is 5.82 Å². The molecule has 6 heteroatoms. The molecular formula is C20H20F2N4. The first-order valence-electron chi connectivity index (χ1n) is 8.10. The summed E-state index contributed by atoms with van der Waals surface area (Å²) < 4.78 is 28.3. The van der Waals surface area contributed by atoms with Crippen LogP contribution in [0.4, 0.5) is 14.5 Å². The summed E-state index contributed by atoms with van der Waals surface area (Å²) in [7, 11) is 0. The summed E-state index contributed by atoms with van der Waals surface area (Å²) in [6.07, 6.45) is 2.24. The van der Waals surface area contributed by atoms with Crippen molar-refractivity contribution in [2.24, 2.45) is 0 Å². The molecule has 4 aromatic rings. The van der Waals surface area contributed by atoms with E-state index < -0.39 is 6.67 Å². The van der Waals surface area contributed by atoms with Crippen molar-refractivity contribution in [3.8, 4) is 11.3 Å². The molecule has 0 bridgehead atoms. The second kappa shape index (κ2) is 7.47. The minimum Gasteiger partial charge on any atom is -0.383 e. The fourth-order valence-electron chi connectivity index (χ4n) is 2.82. The zero-order chi connectivity index (χ0) is 17.2. The van der Waals surface area contributed by atoms with Gasteiger partial charge < -0.3 is 5.32 Å². The van der Waals surface area contributed by atoms with E-state index in [1.54, 1.807) is 12.1 Å². The second-order valence-corrected chi connectivity index (χ2v) is 5.75. The van der Waals surface area contributed by atoms with E-state index in [2.05, 4.69) is 15.3 Å². The van der Waals surface area contributed by atoms with Gasteiger partial charge in [0.25, 0.3) is 0 Å². The third kappa shape index (κ3) is 3.22. The van der Waals surface area contributed by atoms with Gasteiger partial charge in [0.05, 0.1) is 29.1 Å². The number of nitrogens with zero attached hydrogens (tertiary/aromatic N) is 3. The number of alkyl halides is 1. The Morgan fingerprint density at radius 3 is 2.69 bits per heavy atom. The highest BCUT2D eigenvalue weighted by molar-refractivity contribution is 5.80. The summed E-state index contributed by atoms with van der Waals surface area (Å²) in [6.45, 7) is -0.0209. The van der Waals surface area contributed by atoms with Gasteiger partial charge in [-0.3, -0.25) is 8.79 Å². The Morgan fingerprint density at radius 1 is 1.04 bits per heavy atom. The Labute approximate surface area is 150 Å². The number of nitrogens with one attached hydrogen (secondary N) is 1. The lowest BCUT2D eigenvalue weighted by Gasteiger charge is -2.08. The quantitative estimate of drug-likeness (QED) is 0.507. The molecule has 26 heavy (non-hydrogen) atoms. The van der Waals surface area contributed by atoms with Crippen LogP contribution in [0.25, 0.3) is 28.1 Å². The summed E-state index contributed by atoms with van der Waals surface area (Å²) in [6, 6.07) is 14.5. The highest BCUT2D eigenvalue weighted by atomic mass is 19.1. The van der Waals surface area contributed by atoms with Gasteiger partial charge in [0.2, 0.25) is 5.78 Å². The SMILES string of the molecule is C.FCCCNc1ccc(-c2ccn3c(n2)nc2ccccc23)cc1F. The number of rotatable bonds is 5. The summed E-state index contributed by atoms with van der Waals surface area (Å²) >= 11 is 0. The van der Waals surface area contributed by atoms with Crippen LogP contribution in [-0.4, -0.2) is 27.6 Å². The molecule has 0 saturated heterocycles. The third-order valence-corrected chi connectivity index (χ3v) is 4.07. The number of fused-ring (bicyclic) bond motifs is 3. The van der Waals surface area contributed by atoms with Gasteiger partial charge in [-0.25, -0.2) is 14.4 Å². The number of hydrogen-bond donors (Lipinski definition) is 1. The molecule has 0 spiro atoms. The Morgan fingerprint density at radius 2 is 1.88 bits per heavy atom. The number of anilines is 1. The van der Waals surface area contributed by atoms with Crippen molar-refractivity contribution in [3.05, 3.63) is 60.5 Å². The van der Waals surface area contributed by atoms with Crippen molar-refractivity contribution in [2.45, 2.75) is 13.8 Å². The van der Waals surface area contributed by atoms with E-state index in [4.69, 9.17) is 0 Å². The molecule has 4 rings (SSSR count). The fourth-order valence-corrected chi connectivity index (χ4v) is 2.82. The number of halogens is 2. The molecule has 1 N–H and O–H groups in total. The molecule has 0 amide bonds. The zero-order valence-electron chi connectivity index (χ0n) is 13.4. The van der Waals surface area contributed by atoms with Crippen LogP contribution in [0.2, 0.25) is 0 Å². The van der Waals surface area contributed by atoms with Crippen molar-refractivity contribution in [1.29, 1.82) is 0 Å².